The van der Waals surface area contributed by atoms with Crippen LogP contribution in [0.15, 0.2) is 24.4 Å². The molecule has 2 fully saturated rings. The predicted molar refractivity (Wildman–Crippen MR) is 93.6 cm³/mol. The highest BCUT2D eigenvalue weighted by Gasteiger charge is 2.38. The van der Waals surface area contributed by atoms with E-state index in [1.54, 1.807) is 6.20 Å². The van der Waals surface area contributed by atoms with Gasteiger partial charge >= 0.3 is 0 Å². The summed E-state index contributed by atoms with van der Waals surface area (Å²) < 4.78 is 5.93. The maximum absolute atomic E-state index is 12.7. The van der Waals surface area contributed by atoms with Gasteiger partial charge < -0.3 is 14.5 Å². The first-order valence-electron chi connectivity index (χ1n) is 9.14. The van der Waals surface area contributed by atoms with Gasteiger partial charge in [-0.3, -0.25) is 14.6 Å². The standard InChI is InChI=1S/C19H27N3O3/c1-14(2)22-12-15(11-18(22)23)19(24)21-9-6-17(7-10-21)25-13-16-5-3-4-8-20-16/h3-5,8,14-15,17H,6-7,9-13H2,1-2H3/t15-/m1/s1. The average molecular weight is 345 g/mol. The molecule has 2 aliphatic heterocycles. The molecule has 2 aliphatic rings. The monoisotopic (exact) mass is 345 g/mol. The van der Waals surface area contributed by atoms with Crippen molar-refractivity contribution in [1.82, 2.24) is 14.8 Å². The van der Waals surface area contributed by atoms with Crippen molar-refractivity contribution in [3.8, 4) is 0 Å². The van der Waals surface area contributed by atoms with Crippen LogP contribution in [0.5, 0.6) is 0 Å². The van der Waals surface area contributed by atoms with Crippen LogP contribution in [0, 0.1) is 5.92 Å². The lowest BCUT2D eigenvalue weighted by Crippen LogP contribution is -2.44. The highest BCUT2D eigenvalue weighted by Crippen LogP contribution is 2.24. The van der Waals surface area contributed by atoms with Gasteiger partial charge in [-0.05, 0) is 38.8 Å². The van der Waals surface area contributed by atoms with Crippen molar-refractivity contribution < 1.29 is 14.3 Å². The molecule has 0 spiro atoms. The van der Waals surface area contributed by atoms with Crippen LogP contribution in [0.2, 0.25) is 0 Å². The molecule has 2 saturated heterocycles. The van der Waals surface area contributed by atoms with E-state index in [1.807, 2.05) is 41.8 Å². The summed E-state index contributed by atoms with van der Waals surface area (Å²) in [7, 11) is 0. The fraction of sp³-hybridized carbons (Fsp3) is 0.632. The Morgan fingerprint density at radius 1 is 1.32 bits per heavy atom. The van der Waals surface area contributed by atoms with Crippen molar-refractivity contribution >= 4 is 11.8 Å². The van der Waals surface area contributed by atoms with Crippen molar-refractivity contribution in [2.24, 2.45) is 5.92 Å². The molecule has 0 unspecified atom stereocenters. The van der Waals surface area contributed by atoms with Crippen LogP contribution in [0.25, 0.3) is 0 Å². The van der Waals surface area contributed by atoms with Gasteiger partial charge in [-0.1, -0.05) is 6.07 Å². The Kier molecular flexibility index (Phi) is 5.68. The zero-order valence-electron chi connectivity index (χ0n) is 15.1. The Hall–Kier alpha value is -1.95. The summed E-state index contributed by atoms with van der Waals surface area (Å²) in [6.07, 6.45) is 3.97. The Morgan fingerprint density at radius 2 is 2.08 bits per heavy atom. The fourth-order valence-electron chi connectivity index (χ4n) is 3.58. The summed E-state index contributed by atoms with van der Waals surface area (Å²) >= 11 is 0. The molecule has 6 nitrogen and oxygen atoms in total. The van der Waals surface area contributed by atoms with Gasteiger partial charge in [-0.2, -0.15) is 0 Å². The lowest BCUT2D eigenvalue weighted by Gasteiger charge is -2.33. The van der Waals surface area contributed by atoms with E-state index in [9.17, 15) is 9.59 Å². The molecule has 0 N–H and O–H groups in total. The Morgan fingerprint density at radius 3 is 2.68 bits per heavy atom. The summed E-state index contributed by atoms with van der Waals surface area (Å²) in [6, 6.07) is 5.96. The highest BCUT2D eigenvalue weighted by molar-refractivity contribution is 5.89. The van der Waals surface area contributed by atoms with Crippen molar-refractivity contribution in [3.63, 3.8) is 0 Å². The Balaban J connectivity index is 1.44. The minimum Gasteiger partial charge on any atom is -0.372 e. The molecule has 3 rings (SSSR count). The lowest BCUT2D eigenvalue weighted by molar-refractivity contribution is -0.138. The number of likely N-dealkylation sites (tertiary alicyclic amines) is 2. The molecule has 1 aromatic heterocycles. The smallest absolute Gasteiger partial charge is 0.227 e. The van der Waals surface area contributed by atoms with E-state index in [1.165, 1.54) is 0 Å². The number of ether oxygens (including phenoxy) is 1. The lowest BCUT2D eigenvalue weighted by atomic mass is 10.0. The van der Waals surface area contributed by atoms with Gasteiger partial charge in [0, 0.05) is 38.3 Å². The number of pyridine rings is 1. The first kappa shape index (κ1) is 17.9. The van der Waals surface area contributed by atoms with E-state index in [-0.39, 0.29) is 29.9 Å². The molecule has 1 atom stereocenters. The zero-order valence-corrected chi connectivity index (χ0v) is 15.1. The predicted octanol–water partition coefficient (Wildman–Crippen LogP) is 1.85. The zero-order chi connectivity index (χ0) is 17.8. The summed E-state index contributed by atoms with van der Waals surface area (Å²) in [5.41, 5.74) is 0.930. The molecule has 136 valence electrons. The second-order valence-corrected chi connectivity index (χ2v) is 7.20. The molecule has 2 amide bonds. The first-order valence-corrected chi connectivity index (χ1v) is 9.14. The number of hydrogen-bond donors (Lipinski definition) is 0. The van der Waals surface area contributed by atoms with Crippen LogP contribution >= 0.6 is 0 Å². The SMILES string of the molecule is CC(C)N1C[C@H](C(=O)N2CCC(OCc3ccccn3)CC2)CC1=O. The van der Waals surface area contributed by atoms with Gasteiger partial charge in [0.05, 0.1) is 24.3 Å². The number of amides is 2. The van der Waals surface area contributed by atoms with Crippen LogP contribution in [0.4, 0.5) is 0 Å². The molecule has 1 aromatic rings. The van der Waals surface area contributed by atoms with Gasteiger partial charge in [-0.25, -0.2) is 0 Å². The number of carbonyl (C=O) groups is 2. The van der Waals surface area contributed by atoms with Crippen LogP contribution < -0.4 is 0 Å². The van der Waals surface area contributed by atoms with E-state index in [4.69, 9.17) is 4.74 Å². The van der Waals surface area contributed by atoms with E-state index in [0.717, 1.165) is 18.5 Å². The third-order valence-electron chi connectivity index (χ3n) is 5.08. The van der Waals surface area contributed by atoms with Gasteiger partial charge in [-0.15, -0.1) is 0 Å². The summed E-state index contributed by atoms with van der Waals surface area (Å²) in [5, 5.41) is 0. The molecule has 0 bridgehead atoms. The van der Waals surface area contributed by atoms with E-state index in [0.29, 0.717) is 32.7 Å². The number of carbonyl (C=O) groups excluding carboxylic acids is 2. The van der Waals surface area contributed by atoms with Gasteiger partial charge in [0.15, 0.2) is 0 Å². The second kappa shape index (κ2) is 7.95. The fourth-order valence-corrected chi connectivity index (χ4v) is 3.58. The number of piperidine rings is 1. The van der Waals surface area contributed by atoms with Crippen molar-refractivity contribution in [2.45, 2.75) is 51.9 Å². The van der Waals surface area contributed by atoms with Gasteiger partial charge in [0.25, 0.3) is 0 Å². The minimum atomic E-state index is -0.180. The average Bonchev–Trinajstić information content (AvgIpc) is 3.03. The summed E-state index contributed by atoms with van der Waals surface area (Å²) in [6.45, 7) is 6.48. The van der Waals surface area contributed by atoms with E-state index >= 15 is 0 Å². The van der Waals surface area contributed by atoms with Gasteiger partial charge in [0.1, 0.15) is 0 Å². The minimum absolute atomic E-state index is 0.0990. The molecule has 3 heterocycles. The van der Waals surface area contributed by atoms with Crippen LogP contribution in [0.1, 0.15) is 38.8 Å². The summed E-state index contributed by atoms with van der Waals surface area (Å²) in [4.78, 5) is 32.7. The van der Waals surface area contributed by atoms with E-state index < -0.39 is 0 Å². The summed E-state index contributed by atoms with van der Waals surface area (Å²) in [5.74, 6) is 0.0440. The number of rotatable bonds is 5. The number of hydrogen-bond acceptors (Lipinski definition) is 4. The molecule has 0 aromatic carbocycles. The van der Waals surface area contributed by atoms with Crippen LogP contribution in [-0.4, -0.2) is 58.4 Å². The number of aromatic nitrogens is 1. The second-order valence-electron chi connectivity index (χ2n) is 7.20. The maximum Gasteiger partial charge on any atom is 0.227 e. The highest BCUT2D eigenvalue weighted by atomic mass is 16.5. The molecular weight excluding hydrogens is 318 g/mol. The quantitative estimate of drug-likeness (QED) is 0.817. The van der Waals surface area contributed by atoms with Crippen molar-refractivity contribution in [3.05, 3.63) is 30.1 Å². The largest absolute Gasteiger partial charge is 0.372 e. The topological polar surface area (TPSA) is 62.7 Å². The molecule has 0 aliphatic carbocycles. The van der Waals surface area contributed by atoms with Crippen molar-refractivity contribution in [2.75, 3.05) is 19.6 Å². The maximum atomic E-state index is 12.7. The normalized spacial score (nSPS) is 22.0. The molecule has 0 saturated carbocycles. The Labute approximate surface area is 149 Å². The van der Waals surface area contributed by atoms with Gasteiger partial charge in [0.2, 0.25) is 11.8 Å². The third-order valence-corrected chi connectivity index (χ3v) is 5.08. The molecule has 25 heavy (non-hydrogen) atoms. The molecular formula is C19H27N3O3. The van der Waals surface area contributed by atoms with Crippen LogP contribution in [-0.2, 0) is 20.9 Å². The van der Waals surface area contributed by atoms with Crippen LogP contribution in [0.3, 0.4) is 0 Å². The molecule has 0 radical (unpaired) electrons. The molecule has 6 heteroatoms. The van der Waals surface area contributed by atoms with E-state index in [2.05, 4.69) is 4.98 Å². The first-order chi connectivity index (χ1) is 12.0. The number of nitrogens with zero attached hydrogens (tertiary/aromatic N) is 3. The van der Waals surface area contributed by atoms with Crippen molar-refractivity contribution in [1.29, 1.82) is 0 Å². The third kappa shape index (κ3) is 4.37. The Bertz CT molecular complexity index is 597.